The molecule has 1 aliphatic heterocycles. The highest BCUT2D eigenvalue weighted by molar-refractivity contribution is 9.10. The van der Waals surface area contributed by atoms with Gasteiger partial charge in [-0.1, -0.05) is 12.1 Å². The molecule has 0 aromatic heterocycles. The van der Waals surface area contributed by atoms with E-state index in [1.54, 1.807) is 30.3 Å². The van der Waals surface area contributed by atoms with Crippen molar-refractivity contribution in [1.29, 1.82) is 0 Å². The molecule has 0 atom stereocenters. The Bertz CT molecular complexity index is 910. The minimum atomic E-state index is -3.40. The summed E-state index contributed by atoms with van der Waals surface area (Å²) in [5, 5.41) is 13.9. The largest absolute Gasteiger partial charge is 0.380 e. The van der Waals surface area contributed by atoms with Gasteiger partial charge in [0.15, 0.2) is 0 Å². The Morgan fingerprint density at radius 1 is 1.12 bits per heavy atom. The van der Waals surface area contributed by atoms with Crippen molar-refractivity contribution in [3.63, 3.8) is 0 Å². The molecule has 2 aromatic rings. The lowest BCUT2D eigenvalue weighted by Crippen LogP contribution is -2.27. The molecule has 1 aliphatic rings. The van der Waals surface area contributed by atoms with Crippen molar-refractivity contribution in [3.8, 4) is 0 Å². The monoisotopic (exact) mass is 439 g/mol. The van der Waals surface area contributed by atoms with Gasteiger partial charge >= 0.3 is 0 Å². The summed E-state index contributed by atoms with van der Waals surface area (Å²) in [6.45, 7) is 1.64. The lowest BCUT2D eigenvalue weighted by atomic mass is 10.2. The number of nitrogens with zero attached hydrogens (tertiary/aromatic N) is 2. The number of rotatable bonds is 6. The normalized spacial score (nSPS) is 15.1. The van der Waals surface area contributed by atoms with Crippen molar-refractivity contribution in [2.45, 2.75) is 24.3 Å². The second-order valence-corrected chi connectivity index (χ2v) is 8.82. The number of hydrogen-bond acceptors (Lipinski definition) is 5. The molecular formula is C17H18BrN3O4S. The number of benzene rings is 2. The highest BCUT2D eigenvalue weighted by atomic mass is 79.9. The molecule has 1 fully saturated rings. The van der Waals surface area contributed by atoms with Crippen LogP contribution in [-0.4, -0.2) is 30.7 Å². The minimum Gasteiger partial charge on any atom is -0.380 e. The first-order chi connectivity index (χ1) is 12.4. The molecule has 1 saturated heterocycles. The number of nitro groups is 1. The summed E-state index contributed by atoms with van der Waals surface area (Å²) in [5.74, 6) is 0. The Kier molecular flexibility index (Phi) is 5.59. The summed E-state index contributed by atoms with van der Waals surface area (Å²) in [6, 6.07) is 11.3. The van der Waals surface area contributed by atoms with Gasteiger partial charge in [-0.05, 0) is 52.5 Å². The topological polar surface area (TPSA) is 92.5 Å². The molecule has 7 nitrogen and oxygen atoms in total. The Morgan fingerprint density at radius 2 is 1.77 bits per heavy atom. The van der Waals surface area contributed by atoms with Crippen molar-refractivity contribution >= 4 is 37.3 Å². The van der Waals surface area contributed by atoms with Gasteiger partial charge in [-0.15, -0.1) is 0 Å². The fraction of sp³-hybridized carbons (Fsp3) is 0.294. The Labute approximate surface area is 160 Å². The first-order valence-electron chi connectivity index (χ1n) is 8.15. The maximum Gasteiger partial charge on any atom is 0.270 e. The van der Waals surface area contributed by atoms with Gasteiger partial charge in [0.1, 0.15) is 0 Å². The second kappa shape index (κ2) is 7.73. The molecule has 0 spiro atoms. The standard InChI is InChI=1S/C17H18BrN3O4S/c18-16-11-14(21(22)23)5-8-17(16)19-12-13-3-6-15(7-4-13)26(24,25)20-9-1-2-10-20/h3-8,11,19H,1-2,9-10,12H2. The predicted molar refractivity (Wildman–Crippen MR) is 103 cm³/mol. The fourth-order valence-electron chi connectivity index (χ4n) is 2.82. The molecule has 2 aromatic carbocycles. The van der Waals surface area contributed by atoms with E-state index in [9.17, 15) is 18.5 Å². The molecule has 0 aliphatic carbocycles. The third-order valence-electron chi connectivity index (χ3n) is 4.27. The third kappa shape index (κ3) is 4.05. The SMILES string of the molecule is O=[N+]([O-])c1ccc(NCc2ccc(S(=O)(=O)N3CCCC3)cc2)c(Br)c1. The molecule has 26 heavy (non-hydrogen) atoms. The highest BCUT2D eigenvalue weighted by Gasteiger charge is 2.26. The van der Waals surface area contributed by atoms with Crippen molar-refractivity contribution in [2.75, 3.05) is 18.4 Å². The minimum absolute atomic E-state index is 0.0129. The van der Waals surface area contributed by atoms with E-state index in [0.717, 1.165) is 24.1 Å². The van der Waals surface area contributed by atoms with Crippen molar-refractivity contribution < 1.29 is 13.3 Å². The van der Waals surface area contributed by atoms with E-state index < -0.39 is 14.9 Å². The Hall–Kier alpha value is -1.97. The van der Waals surface area contributed by atoms with E-state index in [4.69, 9.17) is 0 Å². The van der Waals surface area contributed by atoms with Crippen molar-refractivity contribution in [2.24, 2.45) is 0 Å². The molecular weight excluding hydrogens is 422 g/mol. The molecule has 0 radical (unpaired) electrons. The number of hydrogen-bond donors (Lipinski definition) is 1. The highest BCUT2D eigenvalue weighted by Crippen LogP contribution is 2.27. The van der Waals surface area contributed by atoms with Crippen LogP contribution in [0.25, 0.3) is 0 Å². The van der Waals surface area contributed by atoms with E-state index in [0.29, 0.717) is 29.0 Å². The van der Waals surface area contributed by atoms with Crippen LogP contribution in [0, 0.1) is 10.1 Å². The molecule has 0 saturated carbocycles. The van der Waals surface area contributed by atoms with E-state index in [2.05, 4.69) is 21.2 Å². The first-order valence-corrected chi connectivity index (χ1v) is 10.4. The summed E-state index contributed by atoms with van der Waals surface area (Å²) in [7, 11) is -3.40. The average Bonchev–Trinajstić information content (AvgIpc) is 3.16. The van der Waals surface area contributed by atoms with Crippen LogP contribution in [0.5, 0.6) is 0 Å². The summed E-state index contributed by atoms with van der Waals surface area (Å²) in [6.07, 6.45) is 1.82. The lowest BCUT2D eigenvalue weighted by Gasteiger charge is -2.15. The van der Waals surface area contributed by atoms with Gasteiger partial charge in [-0.3, -0.25) is 10.1 Å². The summed E-state index contributed by atoms with van der Waals surface area (Å²) in [4.78, 5) is 10.6. The number of halogens is 1. The van der Waals surface area contributed by atoms with Crippen molar-refractivity contribution in [1.82, 2.24) is 4.31 Å². The smallest absolute Gasteiger partial charge is 0.270 e. The zero-order valence-corrected chi connectivity index (χ0v) is 16.3. The molecule has 0 unspecified atom stereocenters. The van der Waals surface area contributed by atoms with Crippen LogP contribution in [0.1, 0.15) is 18.4 Å². The number of anilines is 1. The number of nitrogens with one attached hydrogen (secondary N) is 1. The molecule has 0 bridgehead atoms. The molecule has 9 heteroatoms. The van der Waals surface area contributed by atoms with Crippen LogP contribution in [0.4, 0.5) is 11.4 Å². The zero-order chi connectivity index (χ0) is 18.7. The van der Waals surface area contributed by atoms with Crippen LogP contribution >= 0.6 is 15.9 Å². The van der Waals surface area contributed by atoms with Gasteiger partial charge in [-0.25, -0.2) is 8.42 Å². The van der Waals surface area contributed by atoms with Crippen LogP contribution in [0.3, 0.4) is 0 Å². The molecule has 1 N–H and O–H groups in total. The number of sulfonamides is 1. The van der Waals surface area contributed by atoms with Gasteiger partial charge < -0.3 is 5.32 Å². The first kappa shape index (κ1) is 18.8. The van der Waals surface area contributed by atoms with E-state index in [1.165, 1.54) is 16.4 Å². The predicted octanol–water partition coefficient (Wildman–Crippen LogP) is 3.75. The third-order valence-corrected chi connectivity index (χ3v) is 6.84. The maximum atomic E-state index is 12.5. The molecule has 3 rings (SSSR count). The van der Waals surface area contributed by atoms with Crippen LogP contribution in [0.15, 0.2) is 51.8 Å². The second-order valence-electron chi connectivity index (χ2n) is 6.03. The van der Waals surface area contributed by atoms with Gasteiger partial charge in [0, 0.05) is 41.9 Å². The van der Waals surface area contributed by atoms with E-state index >= 15 is 0 Å². The van der Waals surface area contributed by atoms with Crippen LogP contribution < -0.4 is 5.32 Å². The van der Waals surface area contributed by atoms with Gasteiger partial charge in [-0.2, -0.15) is 4.31 Å². The lowest BCUT2D eigenvalue weighted by molar-refractivity contribution is -0.384. The molecule has 0 amide bonds. The zero-order valence-electron chi connectivity index (χ0n) is 13.9. The van der Waals surface area contributed by atoms with Gasteiger partial charge in [0.2, 0.25) is 10.0 Å². The Balaban J connectivity index is 1.67. The number of non-ortho nitro benzene ring substituents is 1. The van der Waals surface area contributed by atoms with E-state index in [1.807, 2.05) is 0 Å². The molecule has 1 heterocycles. The van der Waals surface area contributed by atoms with Crippen LogP contribution in [0.2, 0.25) is 0 Å². The van der Waals surface area contributed by atoms with E-state index in [-0.39, 0.29) is 5.69 Å². The molecule has 138 valence electrons. The maximum absolute atomic E-state index is 12.5. The fourth-order valence-corrected chi connectivity index (χ4v) is 4.84. The van der Waals surface area contributed by atoms with Crippen LogP contribution in [-0.2, 0) is 16.6 Å². The quantitative estimate of drug-likeness (QED) is 0.546. The summed E-state index contributed by atoms with van der Waals surface area (Å²) >= 11 is 3.31. The Morgan fingerprint density at radius 3 is 2.35 bits per heavy atom. The average molecular weight is 440 g/mol. The number of nitro benzene ring substituents is 1. The van der Waals surface area contributed by atoms with Gasteiger partial charge in [0.25, 0.3) is 5.69 Å². The van der Waals surface area contributed by atoms with Gasteiger partial charge in [0.05, 0.1) is 9.82 Å². The van der Waals surface area contributed by atoms with Crippen molar-refractivity contribution in [3.05, 3.63) is 62.6 Å². The summed E-state index contributed by atoms with van der Waals surface area (Å²) < 4.78 is 27.1. The summed E-state index contributed by atoms with van der Waals surface area (Å²) in [5.41, 5.74) is 1.65.